The molecule has 1 heterocycles. The minimum Gasteiger partial charge on any atom is -0.366 e. The van der Waals surface area contributed by atoms with Crippen LogP contribution in [-0.2, 0) is 4.74 Å². The zero-order chi connectivity index (χ0) is 6.53. The fourth-order valence-electron chi connectivity index (χ4n) is 1.05. The average Bonchev–Trinajstić information content (AvgIpc) is 2.13. The maximum Gasteiger partial charge on any atom is 0.0990 e. The van der Waals surface area contributed by atoms with E-state index in [0.29, 0.717) is 0 Å². The minimum absolute atomic E-state index is 0.844. The first-order valence-corrected chi connectivity index (χ1v) is 3.73. The van der Waals surface area contributed by atoms with E-state index < -0.39 is 0 Å². The molecule has 1 aliphatic heterocycles. The average molecular weight is 129 g/mol. The van der Waals surface area contributed by atoms with Crippen LogP contribution in [0, 0.1) is 0 Å². The lowest BCUT2D eigenvalue weighted by Gasteiger charge is -2.15. The molecule has 2 nitrogen and oxygen atoms in total. The molecule has 0 saturated carbocycles. The smallest absolute Gasteiger partial charge is 0.0990 e. The zero-order valence-electron chi connectivity index (χ0n) is 6.10. The van der Waals surface area contributed by atoms with Crippen molar-refractivity contribution in [3.8, 4) is 0 Å². The second-order valence-corrected chi connectivity index (χ2v) is 2.46. The predicted molar refractivity (Wildman–Crippen MR) is 37.3 cm³/mol. The lowest BCUT2D eigenvalue weighted by Crippen LogP contribution is -2.24. The summed E-state index contributed by atoms with van der Waals surface area (Å²) in [7, 11) is 0. The lowest BCUT2D eigenvalue weighted by atomic mass is 10.3. The van der Waals surface area contributed by atoms with E-state index in [1.54, 1.807) is 0 Å². The molecule has 0 atom stereocenters. The van der Waals surface area contributed by atoms with E-state index in [1.807, 2.05) is 0 Å². The number of rotatable bonds is 1. The van der Waals surface area contributed by atoms with Crippen LogP contribution in [0.4, 0.5) is 0 Å². The van der Waals surface area contributed by atoms with Crippen LogP contribution in [0.1, 0.15) is 19.8 Å². The summed E-state index contributed by atoms with van der Waals surface area (Å²) >= 11 is 0. The fraction of sp³-hybridized carbons (Fsp3) is 1.00. The molecule has 0 spiro atoms. The normalized spacial score (nSPS) is 23.7. The predicted octanol–water partition coefficient (Wildman–Crippen LogP) is 1.08. The number of hydrogen-bond acceptors (Lipinski definition) is 2. The SMILES string of the molecule is CCN1CCCCOC1. The molecule has 1 fully saturated rings. The van der Waals surface area contributed by atoms with Crippen molar-refractivity contribution >= 4 is 0 Å². The van der Waals surface area contributed by atoms with Crippen LogP contribution in [0.15, 0.2) is 0 Å². The maximum atomic E-state index is 5.32. The first-order valence-electron chi connectivity index (χ1n) is 3.73. The Hall–Kier alpha value is -0.0800. The minimum atomic E-state index is 0.844. The van der Waals surface area contributed by atoms with Crippen LogP contribution in [0.2, 0.25) is 0 Å². The van der Waals surface area contributed by atoms with Crippen LogP contribution in [0.5, 0.6) is 0 Å². The molecule has 0 unspecified atom stereocenters. The summed E-state index contributed by atoms with van der Waals surface area (Å²) in [4.78, 5) is 2.33. The Kier molecular flexibility index (Phi) is 3.01. The van der Waals surface area contributed by atoms with Gasteiger partial charge in [0.25, 0.3) is 0 Å². The summed E-state index contributed by atoms with van der Waals surface area (Å²) in [6.45, 7) is 6.32. The Bertz CT molecular complexity index is 67.3. The highest BCUT2D eigenvalue weighted by atomic mass is 16.5. The topological polar surface area (TPSA) is 12.5 Å². The molecule has 9 heavy (non-hydrogen) atoms. The third-order valence-electron chi connectivity index (χ3n) is 1.73. The van der Waals surface area contributed by atoms with E-state index in [4.69, 9.17) is 4.74 Å². The summed E-state index contributed by atoms with van der Waals surface area (Å²) in [6.07, 6.45) is 2.53. The molecular formula is C7H15NO. The Labute approximate surface area is 56.8 Å². The largest absolute Gasteiger partial charge is 0.366 e. The highest BCUT2D eigenvalue weighted by molar-refractivity contribution is 4.53. The highest BCUT2D eigenvalue weighted by Crippen LogP contribution is 2.01. The molecule has 54 valence electrons. The van der Waals surface area contributed by atoms with Crippen LogP contribution < -0.4 is 0 Å². The summed E-state index contributed by atoms with van der Waals surface area (Å²) < 4.78 is 5.32. The summed E-state index contributed by atoms with van der Waals surface area (Å²) in [6, 6.07) is 0. The van der Waals surface area contributed by atoms with Crippen LogP contribution >= 0.6 is 0 Å². The van der Waals surface area contributed by atoms with Crippen molar-refractivity contribution in [2.75, 3.05) is 26.4 Å². The van der Waals surface area contributed by atoms with Gasteiger partial charge in [-0.1, -0.05) is 6.92 Å². The second-order valence-electron chi connectivity index (χ2n) is 2.46. The molecule has 1 rings (SSSR count). The first kappa shape index (κ1) is 7.03. The molecule has 1 aliphatic rings. The maximum absolute atomic E-state index is 5.32. The van der Waals surface area contributed by atoms with E-state index in [-0.39, 0.29) is 0 Å². The van der Waals surface area contributed by atoms with Gasteiger partial charge < -0.3 is 4.74 Å². The zero-order valence-corrected chi connectivity index (χ0v) is 6.10. The van der Waals surface area contributed by atoms with Crippen molar-refractivity contribution in [1.82, 2.24) is 4.90 Å². The molecule has 0 amide bonds. The number of ether oxygens (including phenoxy) is 1. The molecule has 0 radical (unpaired) electrons. The number of nitrogens with zero attached hydrogens (tertiary/aromatic N) is 1. The Balaban J connectivity index is 2.18. The van der Waals surface area contributed by atoms with Gasteiger partial charge in [-0.05, 0) is 19.4 Å². The molecule has 2 heteroatoms. The van der Waals surface area contributed by atoms with Gasteiger partial charge in [0.2, 0.25) is 0 Å². The summed E-state index contributed by atoms with van der Waals surface area (Å²) in [5.41, 5.74) is 0. The highest BCUT2D eigenvalue weighted by Gasteiger charge is 2.04. The molecule has 0 aromatic heterocycles. The molecule has 0 bridgehead atoms. The quantitative estimate of drug-likeness (QED) is 0.525. The van der Waals surface area contributed by atoms with E-state index in [1.165, 1.54) is 19.4 Å². The van der Waals surface area contributed by atoms with Gasteiger partial charge in [0.15, 0.2) is 0 Å². The number of hydrogen-bond donors (Lipinski definition) is 0. The van der Waals surface area contributed by atoms with Crippen LogP contribution in [-0.4, -0.2) is 31.3 Å². The Morgan fingerprint density at radius 3 is 3.11 bits per heavy atom. The summed E-state index contributed by atoms with van der Waals surface area (Å²) in [5, 5.41) is 0. The third-order valence-corrected chi connectivity index (χ3v) is 1.73. The van der Waals surface area contributed by atoms with Gasteiger partial charge >= 0.3 is 0 Å². The molecule has 1 saturated heterocycles. The Morgan fingerprint density at radius 2 is 2.33 bits per heavy atom. The molecule has 0 aliphatic carbocycles. The van der Waals surface area contributed by atoms with Gasteiger partial charge in [-0.25, -0.2) is 0 Å². The van der Waals surface area contributed by atoms with Gasteiger partial charge in [-0.3, -0.25) is 4.90 Å². The van der Waals surface area contributed by atoms with Gasteiger partial charge in [-0.15, -0.1) is 0 Å². The van der Waals surface area contributed by atoms with E-state index >= 15 is 0 Å². The van der Waals surface area contributed by atoms with Gasteiger partial charge in [0.05, 0.1) is 6.73 Å². The Morgan fingerprint density at radius 1 is 1.44 bits per heavy atom. The molecule has 0 aromatic carbocycles. The van der Waals surface area contributed by atoms with Crippen molar-refractivity contribution < 1.29 is 4.74 Å². The van der Waals surface area contributed by atoms with Crippen molar-refractivity contribution in [2.45, 2.75) is 19.8 Å². The van der Waals surface area contributed by atoms with Crippen molar-refractivity contribution in [3.05, 3.63) is 0 Å². The fourth-order valence-corrected chi connectivity index (χ4v) is 1.05. The standard InChI is InChI=1S/C7H15NO/c1-2-8-5-3-4-6-9-7-8/h2-7H2,1H3. The molecule has 0 N–H and O–H groups in total. The first-order chi connectivity index (χ1) is 4.43. The van der Waals surface area contributed by atoms with Crippen molar-refractivity contribution in [2.24, 2.45) is 0 Å². The monoisotopic (exact) mass is 129 g/mol. The van der Waals surface area contributed by atoms with Gasteiger partial charge in [-0.2, -0.15) is 0 Å². The van der Waals surface area contributed by atoms with Crippen LogP contribution in [0.3, 0.4) is 0 Å². The van der Waals surface area contributed by atoms with Crippen LogP contribution in [0.25, 0.3) is 0 Å². The van der Waals surface area contributed by atoms with Crippen molar-refractivity contribution in [3.63, 3.8) is 0 Å². The van der Waals surface area contributed by atoms with Gasteiger partial charge in [0, 0.05) is 13.2 Å². The second kappa shape index (κ2) is 3.85. The molecular weight excluding hydrogens is 114 g/mol. The third kappa shape index (κ3) is 2.33. The lowest BCUT2D eigenvalue weighted by molar-refractivity contribution is 0.0531. The van der Waals surface area contributed by atoms with Crippen molar-refractivity contribution in [1.29, 1.82) is 0 Å². The van der Waals surface area contributed by atoms with E-state index in [9.17, 15) is 0 Å². The molecule has 0 aromatic rings. The summed E-state index contributed by atoms with van der Waals surface area (Å²) in [5.74, 6) is 0. The van der Waals surface area contributed by atoms with E-state index in [0.717, 1.165) is 19.9 Å². The van der Waals surface area contributed by atoms with Gasteiger partial charge in [0.1, 0.15) is 0 Å². The van der Waals surface area contributed by atoms with E-state index in [2.05, 4.69) is 11.8 Å².